The summed E-state index contributed by atoms with van der Waals surface area (Å²) in [6.07, 6.45) is 1.83. The van der Waals surface area contributed by atoms with Crippen molar-refractivity contribution in [3.05, 3.63) is 17.2 Å². The Bertz CT molecular complexity index is 291. The number of H-pyrrole nitrogens is 1. The molecule has 0 aliphatic rings. The summed E-state index contributed by atoms with van der Waals surface area (Å²) in [7, 11) is 0. The van der Waals surface area contributed by atoms with E-state index in [0.29, 0.717) is 4.20 Å². The number of aryl methyl sites for hydroxylation is 2. The van der Waals surface area contributed by atoms with Gasteiger partial charge in [0.05, 0.1) is 4.20 Å². The second-order valence-corrected chi connectivity index (χ2v) is 3.68. The van der Waals surface area contributed by atoms with Gasteiger partial charge in [-0.2, -0.15) is 0 Å². The molecule has 0 aliphatic carbocycles. The van der Waals surface area contributed by atoms with Gasteiger partial charge >= 0.3 is 0 Å². The second kappa shape index (κ2) is 4.05. The van der Waals surface area contributed by atoms with E-state index in [1.807, 2.05) is 0 Å². The van der Waals surface area contributed by atoms with Gasteiger partial charge in [0.15, 0.2) is 0 Å². The molecule has 12 heavy (non-hydrogen) atoms. The van der Waals surface area contributed by atoms with Crippen LogP contribution in [0.2, 0.25) is 0 Å². The van der Waals surface area contributed by atoms with E-state index >= 15 is 0 Å². The summed E-state index contributed by atoms with van der Waals surface area (Å²) in [5.74, 6) is 0.984. The second-order valence-electron chi connectivity index (χ2n) is 2.52. The first-order valence-corrected chi connectivity index (χ1v) is 4.85. The van der Waals surface area contributed by atoms with Crippen molar-refractivity contribution >= 4 is 29.0 Å². The molecule has 1 aromatic heterocycles. The van der Waals surface area contributed by atoms with Crippen LogP contribution in [0, 0.1) is 0 Å². The monoisotopic (exact) mass is 200 g/mol. The van der Waals surface area contributed by atoms with Gasteiger partial charge in [0.2, 0.25) is 0 Å². The fourth-order valence-corrected chi connectivity index (χ4v) is 1.42. The molecule has 2 nitrogen and oxygen atoms in total. The number of aromatic nitrogens is 2. The summed E-state index contributed by atoms with van der Waals surface area (Å²) < 4.78 is 0.572. The maximum atomic E-state index is 4.96. The van der Waals surface area contributed by atoms with Crippen LogP contribution in [0.15, 0.2) is 0 Å². The fraction of sp³-hybridized carbons (Fsp3) is 0.500. The molecule has 0 bridgehead atoms. The summed E-state index contributed by atoms with van der Waals surface area (Å²) in [6, 6.07) is 0. The van der Waals surface area contributed by atoms with Crippen molar-refractivity contribution in [2.75, 3.05) is 0 Å². The largest absolute Gasteiger partial charge is 0.345 e. The van der Waals surface area contributed by atoms with Crippen LogP contribution in [-0.2, 0) is 12.8 Å². The average molecular weight is 200 g/mol. The van der Waals surface area contributed by atoms with Crippen LogP contribution in [0.1, 0.15) is 31.1 Å². The number of imidazole rings is 1. The number of nitrogens with zero attached hydrogens (tertiary/aromatic N) is 1. The number of rotatable bonds is 3. The molecule has 0 fully saturated rings. The number of aromatic amines is 1. The van der Waals surface area contributed by atoms with E-state index in [1.54, 1.807) is 0 Å². The van der Waals surface area contributed by atoms with E-state index in [0.717, 1.165) is 30.1 Å². The Morgan fingerprint density at radius 1 is 1.50 bits per heavy atom. The molecule has 0 aliphatic heterocycles. The summed E-state index contributed by atoms with van der Waals surface area (Å²) >= 11 is 9.07. The number of thiol groups is 1. The molecular formula is C8H12N2S2. The van der Waals surface area contributed by atoms with Crippen molar-refractivity contribution in [3.63, 3.8) is 0 Å². The van der Waals surface area contributed by atoms with Crippen molar-refractivity contribution in [2.45, 2.75) is 26.7 Å². The Morgan fingerprint density at radius 3 is 2.50 bits per heavy atom. The summed E-state index contributed by atoms with van der Waals surface area (Å²) in [5.41, 5.74) is 1.93. The standard InChI is InChI=1S/C8H12N2S2/c1-3-5-7(8(11)12)10-6(4-2)9-5/h3-4H2,1-2H3,(H,9,10)(H,11,12). The van der Waals surface area contributed by atoms with E-state index in [4.69, 9.17) is 12.2 Å². The topological polar surface area (TPSA) is 28.7 Å². The van der Waals surface area contributed by atoms with Gasteiger partial charge in [-0.3, -0.25) is 0 Å². The van der Waals surface area contributed by atoms with Crippen molar-refractivity contribution < 1.29 is 0 Å². The molecule has 1 aromatic rings. The lowest BCUT2D eigenvalue weighted by atomic mass is 10.3. The molecule has 4 heteroatoms. The first-order valence-electron chi connectivity index (χ1n) is 4.00. The van der Waals surface area contributed by atoms with Gasteiger partial charge in [-0.15, -0.1) is 12.6 Å². The third-order valence-corrected chi connectivity index (χ3v) is 2.12. The molecule has 1 N–H and O–H groups in total. The SMILES string of the molecule is CCc1nc(C(=S)S)c(CC)[nH]1. The van der Waals surface area contributed by atoms with Gasteiger partial charge in [-0.25, -0.2) is 4.98 Å². The van der Waals surface area contributed by atoms with Gasteiger partial charge in [0.25, 0.3) is 0 Å². The predicted molar refractivity (Wildman–Crippen MR) is 58.0 cm³/mol. The average Bonchev–Trinajstić information content (AvgIpc) is 2.47. The molecule has 0 saturated heterocycles. The van der Waals surface area contributed by atoms with E-state index in [9.17, 15) is 0 Å². The quantitative estimate of drug-likeness (QED) is 0.578. The lowest BCUT2D eigenvalue weighted by molar-refractivity contribution is 0.963. The van der Waals surface area contributed by atoms with Gasteiger partial charge in [-0.05, 0) is 6.42 Å². The number of thiocarbonyl (C=S) groups is 1. The van der Waals surface area contributed by atoms with Crippen LogP contribution in [0.5, 0.6) is 0 Å². The first-order chi connectivity index (χ1) is 5.69. The zero-order valence-corrected chi connectivity index (χ0v) is 8.93. The lowest BCUT2D eigenvalue weighted by Crippen LogP contribution is -1.93. The van der Waals surface area contributed by atoms with E-state index in [-0.39, 0.29) is 0 Å². The molecule has 0 atom stereocenters. The van der Waals surface area contributed by atoms with Crippen LogP contribution in [-0.4, -0.2) is 14.2 Å². The molecule has 0 spiro atoms. The zero-order valence-electron chi connectivity index (χ0n) is 7.22. The lowest BCUT2D eigenvalue weighted by Gasteiger charge is -1.93. The molecule has 0 unspecified atom stereocenters. The molecule has 0 aromatic carbocycles. The molecule has 0 amide bonds. The minimum atomic E-state index is 0.572. The minimum Gasteiger partial charge on any atom is -0.345 e. The van der Waals surface area contributed by atoms with Crippen molar-refractivity contribution in [1.29, 1.82) is 0 Å². The maximum absolute atomic E-state index is 4.96. The van der Waals surface area contributed by atoms with Gasteiger partial charge in [-0.1, -0.05) is 26.1 Å². The molecule has 0 saturated carbocycles. The van der Waals surface area contributed by atoms with Crippen molar-refractivity contribution in [1.82, 2.24) is 9.97 Å². The van der Waals surface area contributed by atoms with Gasteiger partial charge < -0.3 is 4.98 Å². The third kappa shape index (κ3) is 1.87. The Labute approximate surface area is 83.2 Å². The highest BCUT2D eigenvalue weighted by Gasteiger charge is 2.08. The van der Waals surface area contributed by atoms with Crippen LogP contribution >= 0.6 is 24.8 Å². The highest BCUT2D eigenvalue weighted by molar-refractivity contribution is 8.11. The minimum absolute atomic E-state index is 0.572. The molecule has 1 heterocycles. The molecule has 0 radical (unpaired) electrons. The predicted octanol–water partition coefficient (Wildman–Crippen LogP) is 2.14. The Morgan fingerprint density at radius 2 is 2.17 bits per heavy atom. The van der Waals surface area contributed by atoms with E-state index in [1.165, 1.54) is 0 Å². The summed E-state index contributed by atoms with van der Waals surface area (Å²) in [4.78, 5) is 7.54. The smallest absolute Gasteiger partial charge is 0.109 e. The van der Waals surface area contributed by atoms with Gasteiger partial charge in [0.1, 0.15) is 11.5 Å². The molecular weight excluding hydrogens is 188 g/mol. The van der Waals surface area contributed by atoms with Crippen LogP contribution < -0.4 is 0 Å². The summed E-state index contributed by atoms with van der Waals surface area (Å²) in [5, 5.41) is 0. The van der Waals surface area contributed by atoms with Crippen molar-refractivity contribution in [3.8, 4) is 0 Å². The number of hydrogen-bond acceptors (Lipinski definition) is 2. The number of hydrogen-bond donors (Lipinski definition) is 2. The maximum Gasteiger partial charge on any atom is 0.109 e. The first kappa shape index (κ1) is 9.74. The number of nitrogens with one attached hydrogen (secondary N) is 1. The van der Waals surface area contributed by atoms with Gasteiger partial charge in [0, 0.05) is 12.1 Å². The molecule has 66 valence electrons. The van der Waals surface area contributed by atoms with Crippen LogP contribution in [0.4, 0.5) is 0 Å². The highest BCUT2D eigenvalue weighted by Crippen LogP contribution is 2.10. The summed E-state index contributed by atoms with van der Waals surface area (Å²) in [6.45, 7) is 4.13. The third-order valence-electron chi connectivity index (χ3n) is 1.72. The fourth-order valence-electron chi connectivity index (χ4n) is 1.06. The zero-order chi connectivity index (χ0) is 9.14. The van der Waals surface area contributed by atoms with E-state index in [2.05, 4.69) is 36.4 Å². The Hall–Kier alpha value is -0.350. The molecule has 1 rings (SSSR count). The normalized spacial score (nSPS) is 10.2. The highest BCUT2D eigenvalue weighted by atomic mass is 32.1. The van der Waals surface area contributed by atoms with E-state index < -0.39 is 0 Å². The Balaban J connectivity index is 3.08. The van der Waals surface area contributed by atoms with Crippen LogP contribution in [0.3, 0.4) is 0 Å². The van der Waals surface area contributed by atoms with Crippen LogP contribution in [0.25, 0.3) is 0 Å². The van der Waals surface area contributed by atoms with Crippen molar-refractivity contribution in [2.24, 2.45) is 0 Å². The Kier molecular flexibility index (Phi) is 3.29.